The zero-order valence-corrected chi connectivity index (χ0v) is 40.8. The minimum absolute atomic E-state index is 0.0363. The average molecular weight is 1350 g/mol. The van der Waals surface area contributed by atoms with Crippen LogP contribution in [-0.4, -0.2) is 178 Å². The van der Waals surface area contributed by atoms with Crippen molar-refractivity contribution in [3.8, 4) is 0 Å². The van der Waals surface area contributed by atoms with Gasteiger partial charge in [-0.25, -0.2) is 0 Å². The number of nitrogens with zero attached hydrogens (tertiary/aromatic N) is 4. The number of benzene rings is 2. The largest absolute Gasteiger partial charge is 0.394 e. The third-order valence-corrected chi connectivity index (χ3v) is 13.9. The lowest BCUT2D eigenvalue weighted by Gasteiger charge is -2.36. The number of piperazine rings is 1. The monoisotopic (exact) mass is 1350 g/mol. The maximum atomic E-state index is 14.3. The summed E-state index contributed by atoms with van der Waals surface area (Å²) in [5.74, 6) is -3.77. The highest BCUT2D eigenvalue weighted by Gasteiger charge is 2.36. The molecule has 1 aliphatic heterocycles. The highest BCUT2D eigenvalue weighted by atomic mass is 127. The van der Waals surface area contributed by atoms with Gasteiger partial charge in [-0.2, -0.15) is 0 Å². The van der Waals surface area contributed by atoms with Crippen LogP contribution < -0.4 is 10.6 Å². The number of halogens is 5. The fraction of sp³-hybridized carbons (Fsp3) is 0.455. The van der Waals surface area contributed by atoms with Gasteiger partial charge in [-0.1, -0.05) is 0 Å². The van der Waals surface area contributed by atoms with Crippen molar-refractivity contribution < 1.29 is 59.4 Å². The maximum absolute atomic E-state index is 14.3. The van der Waals surface area contributed by atoms with E-state index in [1.165, 1.54) is 33.7 Å². The van der Waals surface area contributed by atoms with Gasteiger partial charge >= 0.3 is 0 Å². The van der Waals surface area contributed by atoms with Crippen molar-refractivity contribution in [1.82, 2.24) is 19.6 Å². The summed E-state index contributed by atoms with van der Waals surface area (Å²) in [4.78, 5) is 86.0. The summed E-state index contributed by atoms with van der Waals surface area (Å²) < 4.78 is 1.39. The SMILES string of the molecule is Cc1c(NC(=O)CO)c(I)c(C(=O)N(C)CC(O)CO)c(I)c1C(=O)N1CCN(C(=O)c2c(I)c(NC(=O)CO)c(I)c(C(=O)N(C)CC(O)CO)c2I)CC1. The Hall–Kier alpha value is -1.33. The summed E-state index contributed by atoms with van der Waals surface area (Å²) in [6.45, 7) is -1.62. The second kappa shape index (κ2) is 21.8. The first kappa shape index (κ1) is 49.0. The van der Waals surface area contributed by atoms with E-state index in [1.54, 1.807) is 6.92 Å². The van der Waals surface area contributed by atoms with Crippen LogP contribution in [0.2, 0.25) is 0 Å². The molecule has 2 unspecified atom stereocenters. The molecule has 8 N–H and O–H groups in total. The molecule has 0 aliphatic carbocycles. The Morgan fingerprint density at radius 1 is 0.589 bits per heavy atom. The predicted molar refractivity (Wildman–Crippen MR) is 245 cm³/mol. The van der Waals surface area contributed by atoms with Gasteiger partial charge in [-0.3, -0.25) is 28.8 Å². The number of hydrogen-bond donors (Lipinski definition) is 8. The lowest BCUT2D eigenvalue weighted by molar-refractivity contribution is -0.119. The molecule has 2 aromatic rings. The van der Waals surface area contributed by atoms with Crippen molar-refractivity contribution in [3.63, 3.8) is 0 Å². The number of aliphatic hydroxyl groups excluding tert-OH is 6. The van der Waals surface area contributed by atoms with E-state index in [0.29, 0.717) is 12.7 Å². The second-order valence-corrected chi connectivity index (χ2v) is 17.9. The van der Waals surface area contributed by atoms with Crippen molar-refractivity contribution in [2.45, 2.75) is 19.1 Å². The molecule has 1 heterocycles. The summed E-state index contributed by atoms with van der Waals surface area (Å²) in [5.41, 5.74) is 0.886. The highest BCUT2D eigenvalue weighted by Crippen LogP contribution is 2.38. The number of hydrogen-bond acceptors (Lipinski definition) is 12. The number of aliphatic hydroxyl groups is 6. The zero-order chi connectivity index (χ0) is 42.3. The lowest BCUT2D eigenvalue weighted by atomic mass is 9.99. The zero-order valence-electron chi connectivity index (χ0n) is 30.0. The van der Waals surface area contributed by atoms with Crippen molar-refractivity contribution in [1.29, 1.82) is 0 Å². The molecule has 1 aliphatic rings. The Morgan fingerprint density at radius 3 is 1.32 bits per heavy atom. The van der Waals surface area contributed by atoms with Gasteiger partial charge < -0.3 is 60.9 Å². The van der Waals surface area contributed by atoms with Crippen molar-refractivity contribution in [2.24, 2.45) is 0 Å². The quantitative estimate of drug-likeness (QED) is 0.119. The third kappa shape index (κ3) is 11.1. The van der Waals surface area contributed by atoms with Gasteiger partial charge in [0.1, 0.15) is 13.2 Å². The molecule has 2 aromatic carbocycles. The van der Waals surface area contributed by atoms with Gasteiger partial charge in [0.15, 0.2) is 0 Å². The predicted octanol–water partition coefficient (Wildman–Crippen LogP) is 0.328. The molecule has 0 radical (unpaired) electrons. The molecule has 0 saturated carbocycles. The number of carbonyl (C=O) groups is 6. The van der Waals surface area contributed by atoms with E-state index >= 15 is 0 Å². The molecule has 0 bridgehead atoms. The van der Waals surface area contributed by atoms with Crippen molar-refractivity contribution in [2.75, 3.05) is 90.4 Å². The Balaban J connectivity index is 2.04. The fourth-order valence-electron chi connectivity index (χ4n) is 5.62. The van der Waals surface area contributed by atoms with E-state index in [0.717, 1.165) is 0 Å². The van der Waals surface area contributed by atoms with E-state index in [1.807, 2.05) is 113 Å². The van der Waals surface area contributed by atoms with Gasteiger partial charge in [-0.05, 0) is 125 Å². The maximum Gasteiger partial charge on any atom is 0.256 e. The van der Waals surface area contributed by atoms with E-state index in [-0.39, 0.29) is 83.6 Å². The molecule has 18 nitrogen and oxygen atoms in total. The van der Waals surface area contributed by atoms with E-state index in [2.05, 4.69) is 10.6 Å². The van der Waals surface area contributed by atoms with Crippen molar-refractivity contribution in [3.05, 3.63) is 45.7 Å². The summed E-state index contributed by atoms with van der Waals surface area (Å²) in [5, 5.41) is 62.6. The molecular weight excluding hydrogens is 1310 g/mol. The van der Waals surface area contributed by atoms with E-state index in [9.17, 15) is 59.4 Å². The van der Waals surface area contributed by atoms with Gasteiger partial charge in [-0.15, -0.1) is 0 Å². The van der Waals surface area contributed by atoms with Crippen LogP contribution >= 0.6 is 113 Å². The van der Waals surface area contributed by atoms with Crippen LogP contribution in [0.1, 0.15) is 47.0 Å². The van der Waals surface area contributed by atoms with Crippen LogP contribution in [0.25, 0.3) is 0 Å². The number of rotatable bonds is 14. The molecule has 2 atom stereocenters. The third-order valence-electron chi connectivity index (χ3n) is 8.55. The van der Waals surface area contributed by atoms with Gasteiger partial charge in [0.25, 0.3) is 23.6 Å². The van der Waals surface area contributed by atoms with Crippen molar-refractivity contribution >= 4 is 160 Å². The Labute approximate surface area is 389 Å². The molecule has 3 rings (SSSR count). The molecule has 0 spiro atoms. The lowest BCUT2D eigenvalue weighted by Crippen LogP contribution is -2.51. The van der Waals surface area contributed by atoms with Gasteiger partial charge in [0.2, 0.25) is 11.8 Å². The van der Waals surface area contributed by atoms with Crippen LogP contribution in [0.15, 0.2) is 0 Å². The second-order valence-electron chi connectivity index (χ2n) is 12.5. The van der Waals surface area contributed by atoms with Crippen LogP contribution in [-0.2, 0) is 9.59 Å². The average Bonchev–Trinajstić information content (AvgIpc) is 3.17. The molecule has 23 heteroatoms. The Bertz CT molecular complexity index is 1760. The van der Waals surface area contributed by atoms with Crippen LogP contribution in [0.3, 0.4) is 0 Å². The Kier molecular flexibility index (Phi) is 19.1. The summed E-state index contributed by atoms with van der Waals surface area (Å²) in [6, 6.07) is 0. The first-order valence-corrected chi connectivity index (χ1v) is 21.9. The summed E-state index contributed by atoms with van der Waals surface area (Å²) in [6.07, 6.45) is -2.46. The standard InChI is InChI=1S/C33H39I5N6O12/c1-14-19(23(34)20(25(36)28(14)39-17(51)12-47)30(53)41(2)8-15(49)10-45)32(55)43-4-6-44(7-5-43)33(56)22-24(35)21(31(54)42(3)9-16(50)11-46)26(37)29(27(22)38)40-18(52)13-48/h15-16,45-50H,4-13H2,1-3H3,(H,39,51)(H,40,52). The topological polar surface area (TPSA) is 261 Å². The molecule has 1 saturated heterocycles. The number of carbonyl (C=O) groups excluding carboxylic acids is 6. The molecule has 1 fully saturated rings. The number of nitrogens with one attached hydrogen (secondary N) is 2. The highest BCUT2D eigenvalue weighted by molar-refractivity contribution is 14.1. The minimum atomic E-state index is -1.23. The van der Waals surface area contributed by atoms with Gasteiger partial charge in [0.05, 0.1) is 69.8 Å². The summed E-state index contributed by atoms with van der Waals surface area (Å²) >= 11 is 9.36. The smallest absolute Gasteiger partial charge is 0.256 e. The number of amides is 6. The molecule has 6 amide bonds. The van der Waals surface area contributed by atoms with E-state index < -0.39 is 74.1 Å². The molecule has 0 aromatic heterocycles. The Morgan fingerprint density at radius 2 is 0.929 bits per heavy atom. The molecule has 56 heavy (non-hydrogen) atoms. The van der Waals surface area contributed by atoms with Crippen LogP contribution in [0.5, 0.6) is 0 Å². The van der Waals surface area contributed by atoms with Crippen LogP contribution in [0.4, 0.5) is 11.4 Å². The normalized spacial score (nSPS) is 13.9. The first-order valence-electron chi connectivity index (χ1n) is 16.5. The fourth-order valence-corrected chi connectivity index (χ4v) is 12.7. The summed E-state index contributed by atoms with van der Waals surface area (Å²) in [7, 11) is 2.82. The first-order chi connectivity index (χ1) is 26.3. The molecule has 308 valence electrons. The van der Waals surface area contributed by atoms with E-state index in [4.69, 9.17) is 0 Å². The number of likely N-dealkylation sites (N-methyl/N-ethyl adjacent to an activating group) is 2. The molecular formula is C33H39I5N6O12. The van der Waals surface area contributed by atoms with Crippen LogP contribution in [0, 0.1) is 24.8 Å². The van der Waals surface area contributed by atoms with Gasteiger partial charge in [0, 0.05) is 60.5 Å². The minimum Gasteiger partial charge on any atom is -0.394 e. The number of anilines is 2.